The van der Waals surface area contributed by atoms with Crippen LogP contribution in [0.1, 0.15) is 5.56 Å². The Morgan fingerprint density at radius 3 is 2.62 bits per heavy atom. The molecule has 0 N–H and O–H groups in total. The summed E-state index contributed by atoms with van der Waals surface area (Å²) in [7, 11) is -2.53. The first-order valence-corrected chi connectivity index (χ1v) is 5.63. The Bertz CT molecular complexity index is 334. The highest BCUT2D eigenvalue weighted by atomic mass is 79.9. The van der Waals surface area contributed by atoms with Gasteiger partial charge in [0.15, 0.2) is 0 Å². The minimum absolute atomic E-state index is 0.0250. The third kappa shape index (κ3) is 2.84. The van der Waals surface area contributed by atoms with Crippen molar-refractivity contribution in [3.8, 4) is 0 Å². The third-order valence-corrected chi connectivity index (χ3v) is 2.98. The Hall–Kier alpha value is -0.290. The SMILES string of the molecule is FC(F)=S(F)c1cccc(CBr)c1. The molecule has 0 saturated carbocycles. The maximum absolute atomic E-state index is 12.8. The lowest BCUT2D eigenvalue weighted by Gasteiger charge is -1.99. The zero-order valence-corrected chi connectivity index (χ0v) is 8.84. The average molecular weight is 271 g/mol. The largest absolute Gasteiger partial charge is 0.328 e. The lowest BCUT2D eigenvalue weighted by molar-refractivity contribution is 0.638. The van der Waals surface area contributed by atoms with E-state index in [-0.39, 0.29) is 4.90 Å². The molecule has 0 aliphatic rings. The zero-order chi connectivity index (χ0) is 9.84. The van der Waals surface area contributed by atoms with E-state index in [4.69, 9.17) is 0 Å². The summed E-state index contributed by atoms with van der Waals surface area (Å²) >= 11 is 3.16. The van der Waals surface area contributed by atoms with Crippen LogP contribution in [0.15, 0.2) is 29.2 Å². The van der Waals surface area contributed by atoms with E-state index in [1.165, 1.54) is 12.1 Å². The van der Waals surface area contributed by atoms with Crippen LogP contribution in [0.25, 0.3) is 0 Å². The number of benzene rings is 1. The van der Waals surface area contributed by atoms with Crippen LogP contribution < -0.4 is 0 Å². The Kier molecular flexibility index (Phi) is 3.99. The smallest absolute Gasteiger partial charge is 0.163 e. The van der Waals surface area contributed by atoms with Gasteiger partial charge in [-0.05, 0) is 17.7 Å². The van der Waals surface area contributed by atoms with Gasteiger partial charge in [0.1, 0.15) is 0 Å². The summed E-state index contributed by atoms with van der Waals surface area (Å²) in [4.78, 5) is 0.0250. The van der Waals surface area contributed by atoms with E-state index < -0.39 is 16.2 Å². The van der Waals surface area contributed by atoms with Crippen LogP contribution in [-0.4, -0.2) is 5.37 Å². The van der Waals surface area contributed by atoms with Crippen LogP contribution >= 0.6 is 26.8 Å². The van der Waals surface area contributed by atoms with Gasteiger partial charge < -0.3 is 0 Å². The van der Waals surface area contributed by atoms with Crippen LogP contribution in [-0.2, 0) is 5.33 Å². The molecule has 0 nitrogen and oxygen atoms in total. The summed E-state index contributed by atoms with van der Waals surface area (Å²) in [5.41, 5.74) is 0.786. The van der Waals surface area contributed by atoms with E-state index in [1.54, 1.807) is 12.1 Å². The quantitative estimate of drug-likeness (QED) is 0.431. The molecule has 5 heteroatoms. The molecule has 0 heterocycles. The third-order valence-electron chi connectivity index (χ3n) is 1.40. The van der Waals surface area contributed by atoms with E-state index in [0.717, 1.165) is 5.56 Å². The van der Waals surface area contributed by atoms with Gasteiger partial charge in [0.2, 0.25) is 0 Å². The van der Waals surface area contributed by atoms with Gasteiger partial charge in [-0.3, -0.25) is 0 Å². The van der Waals surface area contributed by atoms with Crippen LogP contribution in [0.5, 0.6) is 0 Å². The molecule has 0 bridgehead atoms. The predicted molar refractivity (Wildman–Crippen MR) is 53.3 cm³/mol. The normalized spacial score (nSPS) is 12.6. The first kappa shape index (κ1) is 10.8. The summed E-state index contributed by atoms with van der Waals surface area (Å²) in [6.07, 6.45) is 0. The lowest BCUT2D eigenvalue weighted by atomic mass is 10.2. The zero-order valence-electron chi connectivity index (χ0n) is 6.44. The van der Waals surface area contributed by atoms with E-state index in [1.807, 2.05) is 0 Å². The molecule has 0 radical (unpaired) electrons. The molecule has 0 spiro atoms. The molecule has 1 unspecified atom stereocenters. The van der Waals surface area contributed by atoms with Crippen LogP contribution in [0.3, 0.4) is 0 Å². The molecule has 0 amide bonds. The van der Waals surface area contributed by atoms with E-state index in [9.17, 15) is 12.7 Å². The molecule has 0 aliphatic heterocycles. The van der Waals surface area contributed by atoms with Gasteiger partial charge in [-0.15, -0.1) is 0 Å². The first-order chi connectivity index (χ1) is 6.15. The predicted octanol–water partition coefficient (Wildman–Crippen LogP) is 4.12. The van der Waals surface area contributed by atoms with Crippen molar-refractivity contribution in [1.82, 2.24) is 0 Å². The second kappa shape index (κ2) is 4.81. The summed E-state index contributed by atoms with van der Waals surface area (Å²) < 4.78 is 36.6. The van der Waals surface area contributed by atoms with Crippen LogP contribution in [0, 0.1) is 0 Å². The maximum Gasteiger partial charge on any atom is 0.328 e. The van der Waals surface area contributed by atoms with Gasteiger partial charge in [0.25, 0.3) is 0 Å². The van der Waals surface area contributed by atoms with Crippen molar-refractivity contribution in [1.29, 1.82) is 0 Å². The van der Waals surface area contributed by atoms with Crippen LogP contribution in [0.4, 0.5) is 12.7 Å². The summed E-state index contributed by atoms with van der Waals surface area (Å²) in [6.45, 7) is 0. The van der Waals surface area contributed by atoms with Gasteiger partial charge in [0.05, 0.1) is 10.9 Å². The molecule has 1 aromatic rings. The number of rotatable bonds is 2. The number of hydrogen-bond acceptors (Lipinski definition) is 0. The van der Waals surface area contributed by atoms with Crippen molar-refractivity contribution >= 4 is 32.2 Å². The summed E-state index contributed by atoms with van der Waals surface area (Å²) in [5, 5.41) is -1.64. The molecule has 0 saturated heterocycles. The fourth-order valence-corrected chi connectivity index (χ4v) is 1.81. The first-order valence-electron chi connectivity index (χ1n) is 3.38. The molecule has 1 atom stereocenters. The average Bonchev–Trinajstić information content (AvgIpc) is 2.16. The highest BCUT2D eigenvalue weighted by molar-refractivity contribution is 9.08. The van der Waals surface area contributed by atoms with Gasteiger partial charge in [-0.1, -0.05) is 28.1 Å². The number of alkyl halides is 1. The topological polar surface area (TPSA) is 0 Å². The molecule has 0 aliphatic carbocycles. The molecular formula is C8H6BrF3S. The lowest BCUT2D eigenvalue weighted by Crippen LogP contribution is -1.81. The molecule has 72 valence electrons. The highest BCUT2D eigenvalue weighted by Crippen LogP contribution is 2.31. The standard InChI is InChI=1S/C8H6BrF3S/c9-5-6-2-1-3-7(4-6)13(12)8(10)11/h1-4H,5H2. The molecule has 0 fully saturated rings. The Morgan fingerprint density at radius 1 is 1.38 bits per heavy atom. The monoisotopic (exact) mass is 270 g/mol. The molecule has 0 aromatic heterocycles. The fraction of sp³-hybridized carbons (Fsp3) is 0.125. The van der Waals surface area contributed by atoms with E-state index >= 15 is 0 Å². The minimum atomic E-state index is -2.53. The molecular weight excluding hydrogens is 265 g/mol. The van der Waals surface area contributed by atoms with Crippen molar-refractivity contribution in [2.45, 2.75) is 10.2 Å². The number of halogens is 4. The summed E-state index contributed by atoms with van der Waals surface area (Å²) in [6, 6.07) is 6.09. The Morgan fingerprint density at radius 2 is 2.08 bits per heavy atom. The highest BCUT2D eigenvalue weighted by Gasteiger charge is 2.06. The number of hydrogen-bond donors (Lipinski definition) is 0. The van der Waals surface area contributed by atoms with Crippen molar-refractivity contribution in [2.75, 3.05) is 0 Å². The van der Waals surface area contributed by atoms with Gasteiger partial charge in [-0.2, -0.15) is 12.7 Å². The van der Waals surface area contributed by atoms with Gasteiger partial charge in [0, 0.05) is 10.2 Å². The Labute approximate surface area is 85.1 Å². The Balaban J connectivity index is 3.09. The van der Waals surface area contributed by atoms with Gasteiger partial charge >= 0.3 is 5.37 Å². The van der Waals surface area contributed by atoms with E-state index in [0.29, 0.717) is 5.33 Å². The molecule has 1 rings (SSSR count). The van der Waals surface area contributed by atoms with Crippen molar-refractivity contribution < 1.29 is 12.7 Å². The van der Waals surface area contributed by atoms with Crippen molar-refractivity contribution in [3.05, 3.63) is 29.8 Å². The fourth-order valence-electron chi connectivity index (χ4n) is 0.829. The second-order valence-corrected chi connectivity index (χ2v) is 4.12. The second-order valence-electron chi connectivity index (χ2n) is 2.26. The molecule has 1 aromatic carbocycles. The van der Waals surface area contributed by atoms with Gasteiger partial charge in [-0.25, -0.2) is 0 Å². The minimum Gasteiger partial charge on any atom is -0.163 e. The maximum atomic E-state index is 12.8. The van der Waals surface area contributed by atoms with Crippen molar-refractivity contribution in [2.24, 2.45) is 0 Å². The van der Waals surface area contributed by atoms with Crippen LogP contribution in [0.2, 0.25) is 0 Å². The van der Waals surface area contributed by atoms with Crippen molar-refractivity contribution in [3.63, 3.8) is 0 Å². The van der Waals surface area contributed by atoms with E-state index in [2.05, 4.69) is 15.9 Å². The summed E-state index contributed by atoms with van der Waals surface area (Å²) in [5.74, 6) is 0. The molecule has 13 heavy (non-hydrogen) atoms.